The van der Waals surface area contributed by atoms with Crippen LogP contribution in [0.3, 0.4) is 0 Å². The molecule has 1 aliphatic heterocycles. The van der Waals surface area contributed by atoms with Gasteiger partial charge in [-0.3, -0.25) is 14.9 Å². The molecule has 4 atom stereocenters. The predicted octanol–water partition coefficient (Wildman–Crippen LogP) is 0.488. The average Bonchev–Trinajstić information content (AvgIpc) is 2.88. The van der Waals surface area contributed by atoms with Gasteiger partial charge in [0, 0.05) is 18.6 Å². The Morgan fingerprint density at radius 1 is 1.62 bits per heavy atom. The molecule has 1 amide bonds. The molecule has 1 aromatic heterocycles. The van der Waals surface area contributed by atoms with Crippen molar-refractivity contribution in [1.29, 1.82) is 0 Å². The largest absolute Gasteiger partial charge is 0.376 e. The van der Waals surface area contributed by atoms with E-state index in [0.29, 0.717) is 6.61 Å². The molecular formula is C12H13ClN4O4. The zero-order chi connectivity index (χ0) is 15.1. The minimum atomic E-state index is -0.673. The zero-order valence-corrected chi connectivity index (χ0v) is 11.6. The minimum absolute atomic E-state index is 0.0126. The van der Waals surface area contributed by atoms with Crippen molar-refractivity contribution in [1.82, 2.24) is 10.3 Å². The Kier molecular flexibility index (Phi) is 3.52. The second kappa shape index (κ2) is 5.21. The molecule has 2 aliphatic rings. The standard InChI is InChI=1S/C12H13ClN4O4/c13-8-3-6(7(4-15-8)17(19)20)12(18)16-10-9(14)5-1-2-21-11(5)10/h3-5,9-11H,1-2,14H2,(H,16,18). The highest BCUT2D eigenvalue weighted by molar-refractivity contribution is 6.29. The molecule has 0 spiro atoms. The fourth-order valence-electron chi connectivity index (χ4n) is 2.91. The monoisotopic (exact) mass is 312 g/mol. The molecule has 21 heavy (non-hydrogen) atoms. The third-order valence-corrected chi connectivity index (χ3v) is 4.24. The van der Waals surface area contributed by atoms with Gasteiger partial charge in [-0.15, -0.1) is 0 Å². The lowest BCUT2D eigenvalue weighted by atomic mass is 9.72. The lowest BCUT2D eigenvalue weighted by molar-refractivity contribution is -0.385. The number of fused-ring (bicyclic) bond motifs is 1. The number of nitrogens with zero attached hydrogens (tertiary/aromatic N) is 2. The smallest absolute Gasteiger partial charge is 0.300 e. The van der Waals surface area contributed by atoms with Gasteiger partial charge in [0.15, 0.2) is 0 Å². The average molecular weight is 313 g/mol. The summed E-state index contributed by atoms with van der Waals surface area (Å²) < 4.78 is 5.51. The van der Waals surface area contributed by atoms with Crippen LogP contribution in [-0.2, 0) is 4.74 Å². The Hall–Kier alpha value is -1.77. The van der Waals surface area contributed by atoms with E-state index < -0.39 is 16.5 Å². The number of nitrogens with two attached hydrogens (primary N) is 1. The van der Waals surface area contributed by atoms with Crippen molar-refractivity contribution in [3.8, 4) is 0 Å². The number of nitro groups is 1. The molecule has 3 rings (SSSR count). The topological polar surface area (TPSA) is 120 Å². The Labute approximate surface area is 124 Å². The molecule has 2 fully saturated rings. The normalized spacial score (nSPS) is 30.4. The molecule has 2 heterocycles. The summed E-state index contributed by atoms with van der Waals surface area (Å²) in [6, 6.07) is 0.640. The van der Waals surface area contributed by atoms with Crippen LogP contribution in [0.5, 0.6) is 0 Å². The maximum absolute atomic E-state index is 12.2. The minimum Gasteiger partial charge on any atom is -0.376 e. The van der Waals surface area contributed by atoms with E-state index >= 15 is 0 Å². The number of hydrogen-bond donors (Lipinski definition) is 2. The second-order valence-corrected chi connectivity index (χ2v) is 5.53. The highest BCUT2D eigenvalue weighted by Gasteiger charge is 2.52. The number of nitrogens with one attached hydrogen (secondary N) is 1. The van der Waals surface area contributed by atoms with Gasteiger partial charge < -0.3 is 15.8 Å². The van der Waals surface area contributed by atoms with E-state index in [2.05, 4.69) is 10.3 Å². The van der Waals surface area contributed by atoms with Gasteiger partial charge in [0.1, 0.15) is 16.9 Å². The molecular weight excluding hydrogens is 300 g/mol. The Morgan fingerprint density at radius 2 is 2.38 bits per heavy atom. The molecule has 112 valence electrons. The van der Waals surface area contributed by atoms with Crippen LogP contribution in [0.2, 0.25) is 5.15 Å². The molecule has 1 saturated heterocycles. The van der Waals surface area contributed by atoms with Crippen molar-refractivity contribution in [3.63, 3.8) is 0 Å². The van der Waals surface area contributed by atoms with Gasteiger partial charge in [-0.05, 0) is 12.5 Å². The third-order valence-electron chi connectivity index (χ3n) is 4.04. The molecule has 8 nitrogen and oxygen atoms in total. The van der Waals surface area contributed by atoms with E-state index in [1.165, 1.54) is 6.07 Å². The van der Waals surface area contributed by atoms with Crippen molar-refractivity contribution in [2.45, 2.75) is 24.6 Å². The van der Waals surface area contributed by atoms with Crippen molar-refractivity contribution in [2.75, 3.05) is 6.61 Å². The van der Waals surface area contributed by atoms with E-state index in [-0.39, 0.29) is 34.8 Å². The van der Waals surface area contributed by atoms with Crippen molar-refractivity contribution in [3.05, 3.63) is 33.1 Å². The third kappa shape index (κ3) is 2.35. The summed E-state index contributed by atoms with van der Waals surface area (Å²) in [5.74, 6) is -0.355. The van der Waals surface area contributed by atoms with Crippen LogP contribution in [0.1, 0.15) is 16.8 Å². The second-order valence-electron chi connectivity index (χ2n) is 5.15. The maximum atomic E-state index is 12.2. The van der Waals surface area contributed by atoms with Gasteiger partial charge in [-0.2, -0.15) is 0 Å². The molecule has 9 heteroatoms. The summed E-state index contributed by atoms with van der Waals surface area (Å²) in [5.41, 5.74) is 5.47. The number of amides is 1. The van der Waals surface area contributed by atoms with Crippen LogP contribution in [0.4, 0.5) is 5.69 Å². The van der Waals surface area contributed by atoms with Gasteiger partial charge >= 0.3 is 0 Å². The van der Waals surface area contributed by atoms with Crippen LogP contribution < -0.4 is 11.1 Å². The summed E-state index contributed by atoms with van der Waals surface area (Å²) in [6.45, 7) is 0.622. The first-order valence-corrected chi connectivity index (χ1v) is 6.85. The number of carbonyl (C=O) groups is 1. The predicted molar refractivity (Wildman–Crippen MR) is 73.0 cm³/mol. The van der Waals surface area contributed by atoms with E-state index in [9.17, 15) is 14.9 Å². The fraction of sp³-hybridized carbons (Fsp3) is 0.500. The summed E-state index contributed by atoms with van der Waals surface area (Å²) in [6.07, 6.45) is 1.73. The number of ether oxygens (including phenoxy) is 1. The molecule has 4 unspecified atom stereocenters. The number of pyridine rings is 1. The van der Waals surface area contributed by atoms with Gasteiger partial charge in [-0.1, -0.05) is 11.6 Å². The Bertz CT molecular complexity index is 611. The fourth-order valence-corrected chi connectivity index (χ4v) is 3.06. The van der Waals surface area contributed by atoms with Crippen LogP contribution in [0.25, 0.3) is 0 Å². The van der Waals surface area contributed by atoms with Crippen molar-refractivity contribution >= 4 is 23.2 Å². The lowest BCUT2D eigenvalue weighted by Gasteiger charge is -2.45. The summed E-state index contributed by atoms with van der Waals surface area (Å²) >= 11 is 5.70. The SMILES string of the molecule is NC1C2CCOC2C1NC(=O)c1cc(Cl)ncc1[N+](=O)[O-]. The quantitative estimate of drug-likeness (QED) is 0.476. The van der Waals surface area contributed by atoms with E-state index in [4.69, 9.17) is 22.1 Å². The van der Waals surface area contributed by atoms with Crippen LogP contribution in [0, 0.1) is 16.0 Å². The van der Waals surface area contributed by atoms with Gasteiger partial charge in [0.05, 0.1) is 17.1 Å². The Morgan fingerprint density at radius 3 is 3.10 bits per heavy atom. The molecule has 0 aromatic carbocycles. The van der Waals surface area contributed by atoms with Crippen LogP contribution in [-0.4, -0.2) is 40.6 Å². The summed E-state index contributed by atoms with van der Waals surface area (Å²) in [5, 5.41) is 13.7. The maximum Gasteiger partial charge on any atom is 0.300 e. The number of hydrogen-bond acceptors (Lipinski definition) is 6. The van der Waals surface area contributed by atoms with E-state index in [1.807, 2.05) is 0 Å². The highest BCUT2D eigenvalue weighted by atomic mass is 35.5. The summed E-state index contributed by atoms with van der Waals surface area (Å²) in [7, 11) is 0. The molecule has 3 N–H and O–H groups in total. The van der Waals surface area contributed by atoms with Gasteiger partial charge in [0.25, 0.3) is 11.6 Å². The molecule has 1 aromatic rings. The molecule has 1 aliphatic carbocycles. The number of carbonyl (C=O) groups excluding carboxylic acids is 1. The molecule has 0 bridgehead atoms. The Balaban J connectivity index is 1.80. The number of aromatic nitrogens is 1. The van der Waals surface area contributed by atoms with Gasteiger partial charge in [0.2, 0.25) is 0 Å². The number of rotatable bonds is 3. The van der Waals surface area contributed by atoms with Crippen molar-refractivity contribution < 1.29 is 14.5 Å². The first-order valence-electron chi connectivity index (χ1n) is 6.47. The van der Waals surface area contributed by atoms with E-state index in [0.717, 1.165) is 12.6 Å². The number of halogens is 1. The summed E-state index contributed by atoms with van der Waals surface area (Å²) in [4.78, 5) is 26.1. The first-order chi connectivity index (χ1) is 9.99. The van der Waals surface area contributed by atoms with Crippen LogP contribution >= 0.6 is 11.6 Å². The molecule has 1 saturated carbocycles. The van der Waals surface area contributed by atoms with Crippen molar-refractivity contribution in [2.24, 2.45) is 11.7 Å². The lowest BCUT2D eigenvalue weighted by Crippen LogP contribution is -2.68. The molecule has 0 radical (unpaired) electrons. The van der Waals surface area contributed by atoms with Gasteiger partial charge in [-0.25, -0.2) is 4.98 Å². The zero-order valence-electron chi connectivity index (χ0n) is 10.9. The highest BCUT2D eigenvalue weighted by Crippen LogP contribution is 2.38. The van der Waals surface area contributed by atoms with Crippen LogP contribution in [0.15, 0.2) is 12.3 Å². The first kappa shape index (κ1) is 14.2. The van der Waals surface area contributed by atoms with E-state index in [1.54, 1.807) is 0 Å².